The molecule has 0 spiro atoms. The van der Waals surface area contributed by atoms with Crippen LogP contribution in [0.1, 0.15) is 5.69 Å². The number of hydrogen-bond donors (Lipinski definition) is 1. The Morgan fingerprint density at radius 2 is 1.96 bits per heavy atom. The smallest absolute Gasteiger partial charge is 0.240 e. The summed E-state index contributed by atoms with van der Waals surface area (Å²) in [5.41, 5.74) is 1.28. The molecular formula is C14H12ClN5O2S. The monoisotopic (exact) mass is 349 g/mol. The molecule has 0 aliphatic heterocycles. The molecule has 23 heavy (non-hydrogen) atoms. The zero-order valence-corrected chi connectivity index (χ0v) is 13.4. The lowest BCUT2D eigenvalue weighted by Crippen LogP contribution is -2.23. The lowest BCUT2D eigenvalue weighted by atomic mass is 10.4. The van der Waals surface area contributed by atoms with Crippen LogP contribution >= 0.6 is 11.6 Å². The minimum Gasteiger partial charge on any atom is -0.265 e. The highest BCUT2D eigenvalue weighted by Crippen LogP contribution is 2.15. The van der Waals surface area contributed by atoms with Crippen LogP contribution in [0.2, 0.25) is 5.02 Å². The van der Waals surface area contributed by atoms with Gasteiger partial charge in [-0.15, -0.1) is 5.10 Å². The van der Waals surface area contributed by atoms with Crippen LogP contribution < -0.4 is 4.72 Å². The number of nitrogens with zero attached hydrogens (tertiary/aromatic N) is 4. The molecular weight excluding hydrogens is 338 g/mol. The Hall–Kier alpha value is -2.29. The fourth-order valence-corrected chi connectivity index (χ4v) is 3.19. The van der Waals surface area contributed by atoms with Crippen LogP contribution in [0.25, 0.3) is 5.69 Å². The first-order valence-corrected chi connectivity index (χ1v) is 8.47. The molecule has 0 unspecified atom stereocenters. The molecule has 0 amide bonds. The third-order valence-electron chi connectivity index (χ3n) is 3.02. The summed E-state index contributed by atoms with van der Waals surface area (Å²) >= 11 is 5.82. The van der Waals surface area contributed by atoms with E-state index in [1.54, 1.807) is 47.5 Å². The van der Waals surface area contributed by atoms with E-state index in [0.717, 1.165) is 5.69 Å². The van der Waals surface area contributed by atoms with Crippen LogP contribution in [0.4, 0.5) is 0 Å². The van der Waals surface area contributed by atoms with E-state index in [9.17, 15) is 8.42 Å². The van der Waals surface area contributed by atoms with Crippen molar-refractivity contribution in [3.63, 3.8) is 0 Å². The summed E-state index contributed by atoms with van der Waals surface area (Å²) in [5, 5.41) is 8.26. The molecule has 0 fully saturated rings. The summed E-state index contributed by atoms with van der Waals surface area (Å²) in [4.78, 5) is 4.03. The van der Waals surface area contributed by atoms with E-state index in [1.807, 2.05) is 0 Å². The Kier molecular flexibility index (Phi) is 4.37. The number of sulfonamides is 1. The molecule has 3 rings (SSSR count). The van der Waals surface area contributed by atoms with Crippen molar-refractivity contribution in [2.45, 2.75) is 11.4 Å². The molecule has 2 aromatic heterocycles. The summed E-state index contributed by atoms with van der Waals surface area (Å²) in [6.45, 7) is 0.0277. The maximum atomic E-state index is 12.2. The van der Waals surface area contributed by atoms with Gasteiger partial charge in [-0.3, -0.25) is 4.98 Å². The van der Waals surface area contributed by atoms with E-state index in [-0.39, 0.29) is 11.4 Å². The number of benzene rings is 1. The van der Waals surface area contributed by atoms with Crippen molar-refractivity contribution in [1.29, 1.82) is 0 Å². The summed E-state index contributed by atoms with van der Waals surface area (Å²) in [7, 11) is -3.66. The fourth-order valence-electron chi connectivity index (χ4n) is 1.89. The van der Waals surface area contributed by atoms with E-state index in [0.29, 0.717) is 10.7 Å². The van der Waals surface area contributed by atoms with Crippen molar-refractivity contribution in [2.75, 3.05) is 0 Å². The molecule has 7 nitrogen and oxygen atoms in total. The van der Waals surface area contributed by atoms with Crippen LogP contribution in [0.15, 0.2) is 59.9 Å². The normalized spacial score (nSPS) is 11.5. The predicted octanol–water partition coefficient (Wildman–Crippen LogP) is 1.79. The van der Waals surface area contributed by atoms with Gasteiger partial charge in [-0.1, -0.05) is 22.9 Å². The number of hydrogen-bond acceptors (Lipinski definition) is 5. The van der Waals surface area contributed by atoms with Crippen LogP contribution in [0.3, 0.4) is 0 Å². The maximum absolute atomic E-state index is 12.2. The molecule has 9 heteroatoms. The van der Waals surface area contributed by atoms with Crippen LogP contribution in [-0.2, 0) is 16.6 Å². The van der Waals surface area contributed by atoms with Gasteiger partial charge in [-0.25, -0.2) is 17.8 Å². The van der Waals surface area contributed by atoms with Crippen LogP contribution in [-0.4, -0.2) is 28.4 Å². The highest BCUT2D eigenvalue weighted by atomic mass is 35.5. The molecule has 0 saturated carbocycles. The largest absolute Gasteiger partial charge is 0.265 e. The summed E-state index contributed by atoms with van der Waals surface area (Å²) in [6, 6.07) is 9.60. The molecule has 0 radical (unpaired) electrons. The van der Waals surface area contributed by atoms with Crippen LogP contribution in [0.5, 0.6) is 0 Å². The van der Waals surface area contributed by atoms with Crippen molar-refractivity contribution in [2.24, 2.45) is 0 Å². The van der Waals surface area contributed by atoms with Crippen LogP contribution in [0, 0.1) is 0 Å². The number of halogens is 1. The molecule has 0 aliphatic carbocycles. The van der Waals surface area contributed by atoms with Gasteiger partial charge in [-0.05, 0) is 30.3 Å². The second kappa shape index (κ2) is 6.45. The van der Waals surface area contributed by atoms with Crippen molar-refractivity contribution in [3.8, 4) is 5.69 Å². The lowest BCUT2D eigenvalue weighted by molar-refractivity contribution is 0.580. The summed E-state index contributed by atoms with van der Waals surface area (Å²) in [5.74, 6) is 0. The third-order valence-corrected chi connectivity index (χ3v) is 4.65. The molecule has 0 saturated heterocycles. The Morgan fingerprint density at radius 1 is 1.17 bits per heavy atom. The molecule has 3 aromatic rings. The average molecular weight is 350 g/mol. The van der Waals surface area contributed by atoms with E-state index >= 15 is 0 Å². The maximum Gasteiger partial charge on any atom is 0.240 e. The Bertz CT molecular complexity index is 912. The lowest BCUT2D eigenvalue weighted by Gasteiger charge is -2.05. The van der Waals surface area contributed by atoms with Crippen molar-refractivity contribution in [3.05, 3.63) is 65.7 Å². The minimum atomic E-state index is -3.66. The number of aromatic nitrogens is 4. The van der Waals surface area contributed by atoms with Crippen molar-refractivity contribution < 1.29 is 8.42 Å². The zero-order valence-electron chi connectivity index (χ0n) is 11.8. The first-order valence-electron chi connectivity index (χ1n) is 6.61. The van der Waals surface area contributed by atoms with Gasteiger partial charge in [0.15, 0.2) is 0 Å². The van der Waals surface area contributed by atoms with Gasteiger partial charge < -0.3 is 0 Å². The van der Waals surface area contributed by atoms with Gasteiger partial charge in [0.25, 0.3) is 0 Å². The molecule has 0 bridgehead atoms. The Morgan fingerprint density at radius 3 is 2.70 bits per heavy atom. The molecule has 0 atom stereocenters. The predicted molar refractivity (Wildman–Crippen MR) is 84.6 cm³/mol. The van der Waals surface area contributed by atoms with Gasteiger partial charge >= 0.3 is 0 Å². The van der Waals surface area contributed by atoms with Gasteiger partial charge in [-0.2, -0.15) is 0 Å². The van der Waals surface area contributed by atoms with E-state index in [2.05, 4.69) is 20.0 Å². The topological polar surface area (TPSA) is 89.8 Å². The van der Waals surface area contributed by atoms with Crippen molar-refractivity contribution in [1.82, 2.24) is 24.7 Å². The van der Waals surface area contributed by atoms with Gasteiger partial charge in [0, 0.05) is 17.4 Å². The number of nitrogens with one attached hydrogen (secondary N) is 1. The Balaban J connectivity index is 1.73. The van der Waals surface area contributed by atoms with E-state index in [1.165, 1.54) is 12.1 Å². The van der Waals surface area contributed by atoms with Crippen molar-refractivity contribution >= 4 is 21.6 Å². The molecule has 1 aromatic carbocycles. The summed E-state index contributed by atoms with van der Waals surface area (Å²) in [6.07, 6.45) is 4.92. The average Bonchev–Trinajstić information content (AvgIpc) is 3.03. The first kappa shape index (κ1) is 15.6. The summed E-state index contributed by atoms with van der Waals surface area (Å²) < 4.78 is 28.4. The quantitative estimate of drug-likeness (QED) is 0.758. The number of rotatable bonds is 5. The highest BCUT2D eigenvalue weighted by molar-refractivity contribution is 7.89. The minimum absolute atomic E-state index is 0.0277. The van der Waals surface area contributed by atoms with Gasteiger partial charge in [0.1, 0.15) is 0 Å². The Labute approximate surface area is 138 Å². The van der Waals surface area contributed by atoms with E-state index < -0.39 is 10.0 Å². The highest BCUT2D eigenvalue weighted by Gasteiger charge is 2.15. The van der Waals surface area contributed by atoms with Gasteiger partial charge in [0.05, 0.1) is 29.0 Å². The first-order chi connectivity index (χ1) is 11.0. The molecule has 2 heterocycles. The van der Waals surface area contributed by atoms with Gasteiger partial charge in [0.2, 0.25) is 10.0 Å². The SMILES string of the molecule is O=S(=O)(NCc1cn(-c2ccncc2)nn1)c1cccc(Cl)c1. The third kappa shape index (κ3) is 3.73. The zero-order chi connectivity index (χ0) is 16.3. The second-order valence-electron chi connectivity index (χ2n) is 4.64. The molecule has 1 N–H and O–H groups in total. The fraction of sp³-hybridized carbons (Fsp3) is 0.0714. The molecule has 0 aliphatic rings. The van der Waals surface area contributed by atoms with E-state index in [4.69, 9.17) is 11.6 Å². The number of pyridine rings is 1. The molecule has 118 valence electrons. The second-order valence-corrected chi connectivity index (χ2v) is 6.85. The standard InChI is InChI=1S/C14H12ClN5O2S/c15-11-2-1-3-14(8-11)23(21,22)17-9-12-10-20(19-18-12)13-4-6-16-7-5-13/h1-8,10,17H,9H2.